The lowest BCUT2D eigenvalue weighted by molar-refractivity contribution is -0.123. The molecule has 1 aliphatic rings. The molecule has 1 saturated heterocycles. The molecule has 4 nitrogen and oxygen atoms in total. The Labute approximate surface area is 101 Å². The van der Waals surface area contributed by atoms with Crippen molar-refractivity contribution in [1.82, 2.24) is 9.80 Å². The minimum absolute atomic E-state index is 0.404. The number of likely N-dealkylation sites (N-methyl/N-ethyl adjacent to an activating group) is 1. The first-order valence-corrected chi connectivity index (χ1v) is 6.12. The Kier molecular flexibility index (Phi) is 12.1. The molecule has 0 aromatic carbocycles. The normalized spacial score (nSPS) is 20.5. The van der Waals surface area contributed by atoms with Gasteiger partial charge in [0.2, 0.25) is 6.41 Å². The number of hydrogen-bond acceptors (Lipinski definition) is 3. The lowest BCUT2D eigenvalue weighted by Gasteiger charge is -2.39. The summed E-state index contributed by atoms with van der Waals surface area (Å²) < 4.78 is 0. The van der Waals surface area contributed by atoms with Crippen molar-refractivity contribution in [3.8, 4) is 0 Å². The van der Waals surface area contributed by atoms with Crippen molar-refractivity contribution in [2.75, 3.05) is 33.7 Å². The van der Waals surface area contributed by atoms with Crippen LogP contribution in [0.5, 0.6) is 0 Å². The highest BCUT2D eigenvalue weighted by atomic mass is 16.1. The van der Waals surface area contributed by atoms with Gasteiger partial charge in [-0.3, -0.25) is 4.79 Å². The van der Waals surface area contributed by atoms with Crippen molar-refractivity contribution < 1.29 is 4.79 Å². The predicted octanol–water partition coefficient (Wildman–Crippen LogP) is 1.02. The van der Waals surface area contributed by atoms with Crippen LogP contribution in [0.4, 0.5) is 0 Å². The fourth-order valence-electron chi connectivity index (χ4n) is 1.69. The van der Waals surface area contributed by atoms with Crippen LogP contribution >= 0.6 is 0 Å². The first-order valence-electron chi connectivity index (χ1n) is 6.12. The number of hydrogen-bond donors (Lipinski definition) is 1. The fourth-order valence-corrected chi connectivity index (χ4v) is 1.69. The van der Waals surface area contributed by atoms with Gasteiger partial charge in [0, 0.05) is 25.7 Å². The monoisotopic (exact) mass is 231 g/mol. The van der Waals surface area contributed by atoms with E-state index >= 15 is 0 Å². The van der Waals surface area contributed by atoms with E-state index < -0.39 is 0 Å². The number of carbonyl (C=O) groups is 1. The average molecular weight is 231 g/mol. The summed E-state index contributed by atoms with van der Waals surface area (Å²) in [6, 6.07) is 0.404. The molecule has 0 saturated carbocycles. The zero-order valence-corrected chi connectivity index (χ0v) is 11.7. The van der Waals surface area contributed by atoms with Gasteiger partial charge in [-0.2, -0.15) is 0 Å². The highest BCUT2D eigenvalue weighted by Gasteiger charge is 2.25. The third kappa shape index (κ3) is 6.08. The molecule has 0 aliphatic carbocycles. The minimum Gasteiger partial charge on any atom is -0.339 e. The molecule has 0 radical (unpaired) electrons. The van der Waals surface area contributed by atoms with E-state index in [1.807, 2.05) is 18.7 Å². The Hall–Kier alpha value is -0.610. The third-order valence-corrected chi connectivity index (χ3v) is 2.57. The van der Waals surface area contributed by atoms with E-state index in [1.165, 1.54) is 7.05 Å². The summed E-state index contributed by atoms with van der Waals surface area (Å²) in [5.41, 5.74) is 4.50. The molecule has 0 spiro atoms. The quantitative estimate of drug-likeness (QED) is 0.722. The maximum atomic E-state index is 10.7. The van der Waals surface area contributed by atoms with Crippen LogP contribution in [0.25, 0.3) is 0 Å². The molecule has 1 rings (SSSR count). The van der Waals surface area contributed by atoms with Gasteiger partial charge in [0.1, 0.15) is 0 Å². The van der Waals surface area contributed by atoms with Gasteiger partial charge in [-0.15, -0.1) is 0 Å². The second-order valence-electron chi connectivity index (χ2n) is 3.92. The molecule has 0 aromatic heterocycles. The SMILES string of the molecule is CC.CC(C)C1CN(C)CCN1C=O.CN. The van der Waals surface area contributed by atoms with E-state index in [9.17, 15) is 4.79 Å². The van der Waals surface area contributed by atoms with E-state index in [2.05, 4.69) is 31.5 Å². The molecule has 98 valence electrons. The molecule has 1 heterocycles. The van der Waals surface area contributed by atoms with Gasteiger partial charge in [-0.1, -0.05) is 27.7 Å². The molecule has 0 bridgehead atoms. The number of amides is 1. The molecule has 2 N–H and O–H groups in total. The number of nitrogens with zero attached hydrogens (tertiary/aromatic N) is 2. The van der Waals surface area contributed by atoms with Crippen LogP contribution < -0.4 is 5.73 Å². The van der Waals surface area contributed by atoms with Crippen LogP contribution in [0.2, 0.25) is 0 Å². The fraction of sp³-hybridized carbons (Fsp3) is 0.917. The number of piperazine rings is 1. The van der Waals surface area contributed by atoms with Gasteiger partial charge in [0.05, 0.1) is 0 Å². The first kappa shape index (κ1) is 17.8. The molecular formula is C12H29N3O. The van der Waals surface area contributed by atoms with E-state index in [0.29, 0.717) is 12.0 Å². The van der Waals surface area contributed by atoms with Gasteiger partial charge in [-0.25, -0.2) is 0 Å². The van der Waals surface area contributed by atoms with Crippen molar-refractivity contribution >= 4 is 6.41 Å². The standard InChI is InChI=1S/C9H18N2O.C2H6.CH5N/c1-8(2)9-6-10(3)4-5-11(9)7-12;2*1-2/h7-9H,4-6H2,1-3H3;1-2H3;2H2,1H3. The van der Waals surface area contributed by atoms with Crippen LogP contribution in [-0.2, 0) is 4.79 Å². The Bertz CT molecular complexity index is 162. The lowest BCUT2D eigenvalue weighted by atomic mass is 10.0. The second-order valence-corrected chi connectivity index (χ2v) is 3.92. The highest BCUT2D eigenvalue weighted by molar-refractivity contribution is 5.48. The minimum atomic E-state index is 0.404. The zero-order chi connectivity index (χ0) is 13.1. The maximum Gasteiger partial charge on any atom is 0.210 e. The van der Waals surface area contributed by atoms with Crippen molar-refractivity contribution in [3.63, 3.8) is 0 Å². The zero-order valence-electron chi connectivity index (χ0n) is 11.7. The van der Waals surface area contributed by atoms with Gasteiger partial charge in [0.15, 0.2) is 0 Å². The van der Waals surface area contributed by atoms with Crippen LogP contribution in [-0.4, -0.2) is 56.0 Å². The number of rotatable bonds is 2. The summed E-state index contributed by atoms with van der Waals surface area (Å²) in [6.07, 6.45) is 0.984. The Balaban J connectivity index is 0. The van der Waals surface area contributed by atoms with Crippen molar-refractivity contribution in [2.24, 2.45) is 11.7 Å². The molecule has 1 fully saturated rings. The first-order chi connectivity index (χ1) is 7.65. The van der Waals surface area contributed by atoms with Gasteiger partial charge >= 0.3 is 0 Å². The number of carbonyl (C=O) groups excluding carboxylic acids is 1. The second kappa shape index (κ2) is 10.9. The van der Waals surface area contributed by atoms with Crippen LogP contribution in [0.3, 0.4) is 0 Å². The van der Waals surface area contributed by atoms with Crippen LogP contribution in [0, 0.1) is 5.92 Å². The summed E-state index contributed by atoms with van der Waals surface area (Å²) in [7, 11) is 3.61. The smallest absolute Gasteiger partial charge is 0.210 e. The summed E-state index contributed by atoms with van der Waals surface area (Å²) in [5.74, 6) is 0.554. The van der Waals surface area contributed by atoms with E-state index in [1.54, 1.807) is 0 Å². The molecule has 1 aliphatic heterocycles. The molecule has 0 aromatic rings. The predicted molar refractivity (Wildman–Crippen MR) is 70.4 cm³/mol. The van der Waals surface area contributed by atoms with Crippen LogP contribution in [0.15, 0.2) is 0 Å². The molecule has 16 heavy (non-hydrogen) atoms. The van der Waals surface area contributed by atoms with Crippen molar-refractivity contribution in [3.05, 3.63) is 0 Å². The van der Waals surface area contributed by atoms with Gasteiger partial charge in [-0.05, 0) is 20.0 Å². The molecule has 1 atom stereocenters. The summed E-state index contributed by atoms with van der Waals surface area (Å²) in [4.78, 5) is 14.9. The Morgan fingerprint density at radius 1 is 1.25 bits per heavy atom. The topological polar surface area (TPSA) is 49.6 Å². The van der Waals surface area contributed by atoms with Gasteiger partial charge in [0.25, 0.3) is 0 Å². The van der Waals surface area contributed by atoms with E-state index in [0.717, 1.165) is 26.0 Å². The third-order valence-electron chi connectivity index (χ3n) is 2.57. The largest absolute Gasteiger partial charge is 0.339 e. The Morgan fingerprint density at radius 2 is 1.75 bits per heavy atom. The summed E-state index contributed by atoms with van der Waals surface area (Å²) in [6.45, 7) is 11.2. The van der Waals surface area contributed by atoms with Crippen molar-refractivity contribution in [2.45, 2.75) is 33.7 Å². The lowest BCUT2D eigenvalue weighted by Crippen LogP contribution is -2.53. The summed E-state index contributed by atoms with van der Waals surface area (Å²) >= 11 is 0. The van der Waals surface area contributed by atoms with Crippen molar-refractivity contribution in [1.29, 1.82) is 0 Å². The summed E-state index contributed by atoms with van der Waals surface area (Å²) in [5, 5.41) is 0. The van der Waals surface area contributed by atoms with Crippen LogP contribution in [0.1, 0.15) is 27.7 Å². The van der Waals surface area contributed by atoms with E-state index in [4.69, 9.17) is 0 Å². The Morgan fingerprint density at radius 3 is 2.12 bits per heavy atom. The van der Waals surface area contributed by atoms with E-state index in [-0.39, 0.29) is 0 Å². The average Bonchev–Trinajstić information content (AvgIpc) is 2.34. The highest BCUT2D eigenvalue weighted by Crippen LogP contribution is 2.14. The molecule has 1 amide bonds. The number of nitrogens with two attached hydrogens (primary N) is 1. The molecule has 4 heteroatoms. The van der Waals surface area contributed by atoms with Gasteiger partial charge < -0.3 is 15.5 Å². The maximum absolute atomic E-state index is 10.7. The molecule has 1 unspecified atom stereocenters. The molecular weight excluding hydrogens is 202 g/mol.